The van der Waals surface area contributed by atoms with Crippen LogP contribution in [0.2, 0.25) is 0 Å². The second-order valence-electron chi connectivity index (χ2n) is 4.65. The molecular weight excluding hydrogens is 567 g/mol. The third kappa shape index (κ3) is 13.8. The molecule has 0 atom stereocenters. The van der Waals surface area contributed by atoms with E-state index in [4.69, 9.17) is 20.4 Å². The summed E-state index contributed by atoms with van der Waals surface area (Å²) in [6.07, 6.45) is 0.444. The summed E-state index contributed by atoms with van der Waals surface area (Å²) in [5.41, 5.74) is 0. The van der Waals surface area contributed by atoms with Gasteiger partial charge >= 0.3 is 124 Å². The van der Waals surface area contributed by atoms with E-state index in [0.29, 0.717) is 11.5 Å². The van der Waals surface area contributed by atoms with Crippen molar-refractivity contribution in [1.29, 1.82) is 0 Å². The number of rotatable bonds is 5. The molecule has 0 radical (unpaired) electrons. The van der Waals surface area contributed by atoms with Gasteiger partial charge in [-0.3, -0.25) is 9.59 Å². The van der Waals surface area contributed by atoms with Gasteiger partial charge in [0.15, 0.2) is 0 Å². The summed E-state index contributed by atoms with van der Waals surface area (Å²) in [5, 5.41) is 33.8. The van der Waals surface area contributed by atoms with Gasteiger partial charge in [0, 0.05) is 12.8 Å². The van der Waals surface area contributed by atoms with Gasteiger partial charge in [-0.25, -0.2) is 0 Å². The van der Waals surface area contributed by atoms with Gasteiger partial charge in [0.1, 0.15) is 0 Å². The Morgan fingerprint density at radius 3 is 1.12 bits per heavy atom. The van der Waals surface area contributed by atoms with Gasteiger partial charge in [0.25, 0.3) is 0 Å². The number of aliphatic carboxylic acids is 2. The zero-order chi connectivity index (χ0) is 19.9. The summed E-state index contributed by atoms with van der Waals surface area (Å²) in [6, 6.07) is 15.1. The monoisotopic (exact) mass is 594 g/mol. The van der Waals surface area contributed by atoms with Crippen LogP contribution in [-0.2, 0) is 9.59 Å². The zero-order valence-corrected chi connectivity index (χ0v) is 19.1. The first kappa shape index (κ1) is 24.6. The van der Waals surface area contributed by atoms with Crippen LogP contribution in [0.1, 0.15) is 26.7 Å². The summed E-state index contributed by atoms with van der Waals surface area (Å²) in [5.74, 6) is -0.821. The van der Waals surface area contributed by atoms with Crippen LogP contribution in [0.3, 0.4) is 0 Å². The van der Waals surface area contributed by atoms with Crippen molar-refractivity contribution in [3.63, 3.8) is 0 Å². The van der Waals surface area contributed by atoms with Crippen LogP contribution in [-0.4, -0.2) is 66.5 Å². The van der Waals surface area contributed by atoms with Crippen molar-refractivity contribution in [2.24, 2.45) is 0 Å². The molecular formula is C18H22O6Te2. The molecule has 6 nitrogen and oxygen atoms in total. The van der Waals surface area contributed by atoms with Crippen molar-refractivity contribution in [3.8, 4) is 11.5 Å². The number of phenols is 2. The summed E-state index contributed by atoms with van der Waals surface area (Å²) < 4.78 is 2.78. The maximum atomic E-state index is 9.37. The number of phenolic OH excluding ortho intramolecular Hbond substituents is 2. The number of hydrogen-bond donors (Lipinski definition) is 4. The van der Waals surface area contributed by atoms with Crippen LogP contribution < -0.4 is 7.22 Å². The number of aromatic hydroxyl groups is 2. The topological polar surface area (TPSA) is 115 Å². The summed E-state index contributed by atoms with van der Waals surface area (Å²) in [6.45, 7) is 3.20. The molecule has 0 saturated heterocycles. The minimum atomic E-state index is -0.745. The number of hydrogen-bond acceptors (Lipinski definition) is 4. The fraction of sp³-hybridized carbons (Fsp3) is 0.222. The van der Waals surface area contributed by atoms with Crippen molar-refractivity contribution in [3.05, 3.63) is 48.5 Å². The van der Waals surface area contributed by atoms with Crippen molar-refractivity contribution in [2.75, 3.05) is 0 Å². The zero-order valence-electron chi connectivity index (χ0n) is 14.5. The summed E-state index contributed by atoms with van der Waals surface area (Å²) in [7, 11) is 0. The Balaban J connectivity index is 0.000000520. The Morgan fingerprint density at radius 2 is 0.923 bits per heavy atom. The average Bonchev–Trinajstić information content (AvgIpc) is 2.63. The third-order valence-corrected chi connectivity index (χ3v) is 14.4. The van der Waals surface area contributed by atoms with Crippen LogP contribution in [0.4, 0.5) is 0 Å². The van der Waals surface area contributed by atoms with E-state index in [2.05, 4.69) is 0 Å². The number of carboxylic acids is 2. The van der Waals surface area contributed by atoms with Crippen molar-refractivity contribution in [1.82, 2.24) is 0 Å². The molecule has 8 heteroatoms. The first-order chi connectivity index (χ1) is 12.3. The number of carbonyl (C=O) groups is 2. The van der Waals surface area contributed by atoms with Crippen molar-refractivity contribution in [2.45, 2.75) is 26.7 Å². The molecule has 0 fully saturated rings. The van der Waals surface area contributed by atoms with E-state index >= 15 is 0 Å². The molecule has 2 aromatic rings. The fourth-order valence-electron chi connectivity index (χ4n) is 1.10. The predicted molar refractivity (Wildman–Crippen MR) is 103 cm³/mol. The number of carboxylic acid groups (broad SMARTS) is 2. The molecule has 26 heavy (non-hydrogen) atoms. The first-order valence-corrected chi connectivity index (χ1v) is 17.3. The first-order valence-electron chi connectivity index (χ1n) is 7.64. The predicted octanol–water partition coefficient (Wildman–Crippen LogP) is 1.33. The van der Waals surface area contributed by atoms with Gasteiger partial charge in [0.2, 0.25) is 0 Å². The van der Waals surface area contributed by atoms with Crippen LogP contribution >= 0.6 is 0 Å². The van der Waals surface area contributed by atoms with Crippen LogP contribution in [0.25, 0.3) is 0 Å². The van der Waals surface area contributed by atoms with Gasteiger partial charge in [0.05, 0.1) is 0 Å². The van der Waals surface area contributed by atoms with Gasteiger partial charge < -0.3 is 10.2 Å². The van der Waals surface area contributed by atoms with Gasteiger partial charge in [-0.2, -0.15) is 0 Å². The second-order valence-corrected chi connectivity index (χ2v) is 14.7. The molecule has 142 valence electrons. The van der Waals surface area contributed by atoms with E-state index in [9.17, 15) is 9.59 Å². The van der Waals surface area contributed by atoms with E-state index < -0.39 is 11.9 Å². The van der Waals surface area contributed by atoms with Gasteiger partial charge in [-0.05, 0) is 0 Å². The van der Waals surface area contributed by atoms with E-state index in [-0.39, 0.29) is 47.0 Å². The van der Waals surface area contributed by atoms with E-state index in [1.54, 1.807) is 38.1 Å². The van der Waals surface area contributed by atoms with Crippen LogP contribution in [0.15, 0.2) is 48.5 Å². The fourth-order valence-corrected chi connectivity index (χ4v) is 11.0. The Bertz CT molecular complexity index is 597. The average molecular weight is 590 g/mol. The molecule has 0 aliphatic rings. The Kier molecular flexibility index (Phi) is 13.9. The molecule has 0 bridgehead atoms. The minimum absolute atomic E-state index is 0.120. The summed E-state index contributed by atoms with van der Waals surface area (Å²) >= 11 is -0.239. The Labute approximate surface area is 169 Å². The Morgan fingerprint density at radius 1 is 0.692 bits per heavy atom. The quantitative estimate of drug-likeness (QED) is 0.392. The molecule has 2 rings (SSSR count). The molecule has 0 unspecified atom stereocenters. The number of benzene rings is 2. The van der Waals surface area contributed by atoms with E-state index in [1.807, 2.05) is 24.3 Å². The van der Waals surface area contributed by atoms with E-state index in [1.165, 1.54) is 7.22 Å². The van der Waals surface area contributed by atoms with Crippen molar-refractivity contribution >= 4 is 53.3 Å². The molecule has 0 aliphatic carbocycles. The second kappa shape index (κ2) is 14.7. The standard InChI is InChI=1S/C12H10O2Te2.2C3H6O2/c13-9-1-5-11(6-2-9)15-16-12-7-3-10(14)4-8-12;2*1-2-3(4)5/h1-8,13-14H;2*2H2,1H3,(H,4,5). The van der Waals surface area contributed by atoms with Crippen LogP contribution in [0, 0.1) is 0 Å². The molecule has 2 aromatic carbocycles. The normalized spacial score (nSPS) is 9.15. The molecule has 4 N–H and O–H groups in total. The molecule has 0 heterocycles. The molecule has 0 spiro atoms. The Hall–Kier alpha value is -1.44. The van der Waals surface area contributed by atoms with Gasteiger partial charge in [-0.1, -0.05) is 13.8 Å². The van der Waals surface area contributed by atoms with Gasteiger partial charge in [-0.15, -0.1) is 0 Å². The molecule has 0 aromatic heterocycles. The van der Waals surface area contributed by atoms with Crippen molar-refractivity contribution < 1.29 is 30.0 Å². The molecule has 0 saturated carbocycles. The summed E-state index contributed by atoms with van der Waals surface area (Å²) in [4.78, 5) is 18.7. The molecule has 0 aliphatic heterocycles. The third-order valence-electron chi connectivity index (χ3n) is 2.51. The SMILES string of the molecule is CCC(=O)O.CCC(=O)O.Oc1ccc([Te][Te]c2ccc(O)cc2)cc1. The van der Waals surface area contributed by atoms with E-state index in [0.717, 1.165) is 0 Å². The maximum absolute atomic E-state index is 9.37. The van der Waals surface area contributed by atoms with Crippen LogP contribution in [0.5, 0.6) is 11.5 Å². The molecule has 0 amide bonds.